The Bertz CT molecular complexity index is 522. The fraction of sp³-hybridized carbons (Fsp3) is 0. The van der Waals surface area contributed by atoms with Gasteiger partial charge in [0, 0.05) is 23.8 Å². The van der Waals surface area contributed by atoms with Crippen LogP contribution in [0.15, 0.2) is 41.7 Å². The minimum atomic E-state index is -1.12. The van der Waals surface area contributed by atoms with Gasteiger partial charge in [-0.2, -0.15) is 0 Å². The molecule has 5 nitrogen and oxygen atoms in total. The molecule has 0 atom stereocenters. The molecule has 5 heteroatoms. The van der Waals surface area contributed by atoms with Crippen molar-refractivity contribution in [1.29, 1.82) is 0 Å². The van der Waals surface area contributed by atoms with Crippen LogP contribution in [0.25, 0.3) is 6.20 Å². The summed E-state index contributed by atoms with van der Waals surface area (Å²) in [7, 11) is 0. The van der Waals surface area contributed by atoms with Crippen molar-refractivity contribution >= 4 is 12.3 Å². The van der Waals surface area contributed by atoms with Crippen LogP contribution in [-0.2, 0) is 0 Å². The minimum absolute atomic E-state index is 0.809. The van der Waals surface area contributed by atoms with E-state index in [1.165, 1.54) is 17.4 Å². The second-order valence-electron chi connectivity index (χ2n) is 2.94. The SMILES string of the molecule is O=C(O)NN1C=CN=c2ccccc2=C1. The second kappa shape index (κ2) is 3.83. The van der Waals surface area contributed by atoms with Gasteiger partial charge >= 0.3 is 6.09 Å². The summed E-state index contributed by atoms with van der Waals surface area (Å²) in [5.41, 5.74) is 2.21. The molecule has 0 aliphatic carbocycles. The summed E-state index contributed by atoms with van der Waals surface area (Å²) in [6.45, 7) is 0. The van der Waals surface area contributed by atoms with Crippen molar-refractivity contribution in [2.75, 3.05) is 0 Å². The summed E-state index contributed by atoms with van der Waals surface area (Å²) in [5, 5.41) is 11.6. The first-order chi connectivity index (χ1) is 7.25. The van der Waals surface area contributed by atoms with E-state index in [4.69, 9.17) is 5.11 Å². The minimum Gasteiger partial charge on any atom is -0.464 e. The lowest BCUT2D eigenvalue weighted by Gasteiger charge is -2.12. The number of rotatable bonds is 1. The molecule has 0 spiro atoms. The molecule has 76 valence electrons. The summed E-state index contributed by atoms with van der Waals surface area (Å²) < 4.78 is 0. The van der Waals surface area contributed by atoms with Gasteiger partial charge in [-0.15, -0.1) is 0 Å². The van der Waals surface area contributed by atoms with Crippen LogP contribution in [0.1, 0.15) is 0 Å². The highest BCUT2D eigenvalue weighted by Gasteiger charge is 2.00. The second-order valence-corrected chi connectivity index (χ2v) is 2.94. The molecule has 1 heterocycles. The average Bonchev–Trinajstić information content (AvgIpc) is 2.38. The van der Waals surface area contributed by atoms with Gasteiger partial charge in [-0.1, -0.05) is 18.2 Å². The van der Waals surface area contributed by atoms with Crippen LogP contribution < -0.4 is 16.0 Å². The number of fused-ring (bicyclic) bond motifs is 1. The summed E-state index contributed by atoms with van der Waals surface area (Å²) in [6, 6.07) is 7.47. The Kier molecular flexibility index (Phi) is 2.37. The van der Waals surface area contributed by atoms with Gasteiger partial charge in [0.2, 0.25) is 0 Å². The Morgan fingerprint density at radius 1 is 1.40 bits per heavy atom. The third-order valence-corrected chi connectivity index (χ3v) is 1.88. The third-order valence-electron chi connectivity index (χ3n) is 1.88. The first-order valence-corrected chi connectivity index (χ1v) is 4.35. The predicted octanol–water partition coefficient (Wildman–Crippen LogP) is 0.0136. The molecule has 2 rings (SSSR count). The maximum Gasteiger partial charge on any atom is 0.423 e. The number of carboxylic acid groups (broad SMARTS) is 1. The van der Waals surface area contributed by atoms with Gasteiger partial charge in [0.25, 0.3) is 0 Å². The molecule has 1 aliphatic heterocycles. The number of hydrogen-bond donors (Lipinski definition) is 2. The van der Waals surface area contributed by atoms with Crippen molar-refractivity contribution < 1.29 is 9.90 Å². The van der Waals surface area contributed by atoms with Crippen molar-refractivity contribution in [2.24, 2.45) is 4.99 Å². The zero-order valence-electron chi connectivity index (χ0n) is 7.79. The molecule has 0 radical (unpaired) electrons. The summed E-state index contributed by atoms with van der Waals surface area (Å²) in [4.78, 5) is 14.6. The van der Waals surface area contributed by atoms with Crippen LogP contribution in [0.4, 0.5) is 4.79 Å². The number of amides is 1. The summed E-state index contributed by atoms with van der Waals surface area (Å²) in [5.74, 6) is 0. The molecule has 0 aromatic heterocycles. The van der Waals surface area contributed by atoms with Crippen LogP contribution in [0.5, 0.6) is 0 Å². The van der Waals surface area contributed by atoms with E-state index in [1.807, 2.05) is 24.3 Å². The lowest BCUT2D eigenvalue weighted by Crippen LogP contribution is -2.36. The molecule has 2 N–H and O–H groups in total. The molecule has 0 saturated carbocycles. The van der Waals surface area contributed by atoms with Gasteiger partial charge in [0.05, 0.1) is 5.36 Å². The maximum atomic E-state index is 10.5. The highest BCUT2D eigenvalue weighted by atomic mass is 16.4. The fourth-order valence-electron chi connectivity index (χ4n) is 1.27. The Hall–Kier alpha value is -2.30. The van der Waals surface area contributed by atoms with Gasteiger partial charge in [-0.25, -0.2) is 10.2 Å². The Labute approximate surface area is 85.6 Å². The standard InChI is InChI=1S/C10H9N3O2/c14-10(15)12-13-6-5-11-9-4-2-1-3-8(9)7-13/h1-7,12H,(H,14,15). The molecule has 1 aromatic carbocycles. The van der Waals surface area contributed by atoms with Crippen LogP contribution in [0.3, 0.4) is 0 Å². The van der Waals surface area contributed by atoms with Gasteiger partial charge in [-0.3, -0.25) is 10.0 Å². The molecular weight excluding hydrogens is 194 g/mol. The third kappa shape index (κ3) is 2.14. The molecule has 1 amide bonds. The van der Waals surface area contributed by atoms with Gasteiger partial charge < -0.3 is 5.11 Å². The average molecular weight is 203 g/mol. The normalized spacial score (nSPS) is 13.2. The predicted molar refractivity (Wildman–Crippen MR) is 53.8 cm³/mol. The van der Waals surface area contributed by atoms with E-state index in [0.717, 1.165) is 10.6 Å². The molecule has 0 fully saturated rings. The molecule has 1 aliphatic rings. The molecule has 0 unspecified atom stereocenters. The van der Waals surface area contributed by atoms with Crippen molar-refractivity contribution in [3.63, 3.8) is 0 Å². The van der Waals surface area contributed by atoms with Crippen LogP contribution >= 0.6 is 0 Å². The van der Waals surface area contributed by atoms with E-state index in [-0.39, 0.29) is 0 Å². The Balaban J connectivity index is 2.43. The monoisotopic (exact) mass is 203 g/mol. The van der Waals surface area contributed by atoms with Crippen LogP contribution in [0, 0.1) is 0 Å². The van der Waals surface area contributed by atoms with Crippen molar-refractivity contribution in [2.45, 2.75) is 0 Å². The van der Waals surface area contributed by atoms with E-state index < -0.39 is 6.09 Å². The van der Waals surface area contributed by atoms with E-state index in [2.05, 4.69) is 10.4 Å². The molecule has 1 aromatic rings. The lowest BCUT2D eigenvalue weighted by molar-refractivity contribution is 0.178. The van der Waals surface area contributed by atoms with Gasteiger partial charge in [0.15, 0.2) is 0 Å². The number of hydrogen-bond acceptors (Lipinski definition) is 3. The smallest absolute Gasteiger partial charge is 0.423 e. The molecule has 0 saturated heterocycles. The van der Waals surface area contributed by atoms with E-state index in [0.29, 0.717) is 0 Å². The first-order valence-electron chi connectivity index (χ1n) is 4.35. The number of benzene rings is 1. The Morgan fingerprint density at radius 2 is 2.20 bits per heavy atom. The highest BCUT2D eigenvalue weighted by molar-refractivity contribution is 5.64. The van der Waals surface area contributed by atoms with E-state index in [9.17, 15) is 4.79 Å². The zero-order valence-corrected chi connectivity index (χ0v) is 7.79. The van der Waals surface area contributed by atoms with E-state index >= 15 is 0 Å². The maximum absolute atomic E-state index is 10.5. The highest BCUT2D eigenvalue weighted by Crippen LogP contribution is 1.89. The molecule has 15 heavy (non-hydrogen) atoms. The number of nitrogens with zero attached hydrogens (tertiary/aromatic N) is 2. The van der Waals surface area contributed by atoms with Crippen LogP contribution in [0.2, 0.25) is 0 Å². The largest absolute Gasteiger partial charge is 0.464 e. The first kappa shape index (κ1) is 9.26. The summed E-state index contributed by atoms with van der Waals surface area (Å²) >= 11 is 0. The fourth-order valence-corrected chi connectivity index (χ4v) is 1.27. The van der Waals surface area contributed by atoms with Crippen molar-refractivity contribution in [1.82, 2.24) is 10.4 Å². The van der Waals surface area contributed by atoms with E-state index in [1.54, 1.807) is 6.20 Å². The van der Waals surface area contributed by atoms with Crippen molar-refractivity contribution in [3.05, 3.63) is 47.2 Å². The topological polar surface area (TPSA) is 64.9 Å². The number of hydrazine groups is 1. The van der Waals surface area contributed by atoms with Crippen molar-refractivity contribution in [3.8, 4) is 0 Å². The quantitative estimate of drug-likeness (QED) is 0.676. The number of nitrogens with one attached hydrogen (secondary N) is 1. The van der Waals surface area contributed by atoms with Gasteiger partial charge in [-0.05, 0) is 6.07 Å². The number of para-hydroxylation sites is 1. The molecular formula is C10H9N3O2. The Morgan fingerprint density at radius 3 is 3.00 bits per heavy atom. The summed E-state index contributed by atoms with van der Waals surface area (Å²) in [6.07, 6.45) is 3.62. The zero-order chi connectivity index (χ0) is 10.7. The molecule has 0 bridgehead atoms. The van der Waals surface area contributed by atoms with Crippen LogP contribution in [-0.4, -0.2) is 16.2 Å². The van der Waals surface area contributed by atoms with Gasteiger partial charge in [0.1, 0.15) is 0 Å². The number of carbonyl (C=O) groups is 1. The lowest BCUT2D eigenvalue weighted by atomic mass is 10.3.